The number of fused-ring (bicyclic) bond motifs is 1. The van der Waals surface area contributed by atoms with Crippen LogP contribution < -0.4 is 4.74 Å². The van der Waals surface area contributed by atoms with Crippen molar-refractivity contribution in [3.63, 3.8) is 0 Å². The summed E-state index contributed by atoms with van der Waals surface area (Å²) in [5.74, 6) is 4.45. The molecule has 1 aliphatic heterocycles. The first kappa shape index (κ1) is 18.0. The van der Waals surface area contributed by atoms with Gasteiger partial charge in [0.25, 0.3) is 5.91 Å². The van der Waals surface area contributed by atoms with Gasteiger partial charge in [0.1, 0.15) is 5.75 Å². The van der Waals surface area contributed by atoms with E-state index in [0.29, 0.717) is 13.0 Å². The quantitative estimate of drug-likeness (QED) is 0.709. The summed E-state index contributed by atoms with van der Waals surface area (Å²) in [5.41, 5.74) is 1.28. The minimum Gasteiger partial charge on any atom is -0.494 e. The van der Waals surface area contributed by atoms with Gasteiger partial charge in [0.2, 0.25) is 0 Å². The predicted octanol–water partition coefficient (Wildman–Crippen LogP) is 5.02. The highest BCUT2D eigenvalue weighted by molar-refractivity contribution is 7.99. The number of ether oxygens (including phenoxy) is 1. The molecule has 0 radical (unpaired) electrons. The van der Waals surface area contributed by atoms with Crippen molar-refractivity contribution in [2.75, 3.05) is 6.61 Å². The lowest BCUT2D eigenvalue weighted by Gasteiger charge is -2.55. The third-order valence-corrected chi connectivity index (χ3v) is 8.70. The van der Waals surface area contributed by atoms with E-state index < -0.39 is 0 Å². The summed E-state index contributed by atoms with van der Waals surface area (Å²) < 4.78 is 7.15. The smallest absolute Gasteiger partial charge is 0.250 e. The van der Waals surface area contributed by atoms with Gasteiger partial charge >= 0.3 is 0 Å². The normalized spacial score (nSPS) is 35.0. The van der Waals surface area contributed by atoms with Crippen LogP contribution in [0, 0.1) is 17.8 Å². The number of thioether (sulfide) groups is 1. The fourth-order valence-electron chi connectivity index (χ4n) is 6.69. The van der Waals surface area contributed by atoms with Gasteiger partial charge in [-0.1, -0.05) is 23.9 Å². The van der Waals surface area contributed by atoms with Crippen molar-refractivity contribution < 1.29 is 9.53 Å². The lowest BCUT2D eigenvalue weighted by atomic mass is 9.49. The van der Waals surface area contributed by atoms with E-state index in [4.69, 9.17) is 14.8 Å². The van der Waals surface area contributed by atoms with E-state index in [1.54, 1.807) is 16.4 Å². The summed E-state index contributed by atoms with van der Waals surface area (Å²) >= 11 is 1.69. The first-order valence-corrected chi connectivity index (χ1v) is 11.9. The molecule has 29 heavy (non-hydrogen) atoms. The van der Waals surface area contributed by atoms with Gasteiger partial charge in [-0.2, -0.15) is 4.68 Å². The molecule has 5 nitrogen and oxygen atoms in total. The molecule has 4 aliphatic carbocycles. The molecular weight excluding hydrogens is 382 g/mol. The topological polar surface area (TPSA) is 57.0 Å². The minimum atomic E-state index is 0.0705. The molecule has 1 aromatic heterocycles. The lowest BCUT2D eigenvalue weighted by Crippen LogP contribution is -2.49. The van der Waals surface area contributed by atoms with Crippen LogP contribution in [-0.2, 0) is 5.41 Å². The molecule has 4 bridgehead atoms. The van der Waals surface area contributed by atoms with Gasteiger partial charge in [0.05, 0.1) is 6.61 Å². The Morgan fingerprint density at radius 2 is 1.76 bits per heavy atom. The van der Waals surface area contributed by atoms with Gasteiger partial charge in [0, 0.05) is 17.1 Å². The standard InChI is InChI=1S/C23H27N3O2S/c1-2-28-18-5-3-17(4-6-18)19-10-20(27)26-22(29-19)24-21(25-26)23-11-14-7-15(12-23)9-16(8-14)13-23/h3-6,14-16,19H,2,7-13H2,1H3/t14?,15?,16?,19-,23?/m0/s1. The average Bonchev–Trinajstić information content (AvgIpc) is 3.14. The van der Waals surface area contributed by atoms with Gasteiger partial charge < -0.3 is 4.74 Å². The highest BCUT2D eigenvalue weighted by Gasteiger charge is 2.54. The van der Waals surface area contributed by atoms with Gasteiger partial charge in [-0.25, -0.2) is 4.98 Å². The Kier molecular flexibility index (Phi) is 4.09. The molecule has 0 spiro atoms. The van der Waals surface area contributed by atoms with Crippen LogP contribution in [0.2, 0.25) is 0 Å². The first-order valence-electron chi connectivity index (χ1n) is 11.0. The van der Waals surface area contributed by atoms with Crippen molar-refractivity contribution in [2.45, 2.75) is 67.7 Å². The van der Waals surface area contributed by atoms with E-state index in [0.717, 1.165) is 40.0 Å². The molecule has 1 aromatic carbocycles. The number of carbonyl (C=O) groups excluding carboxylic acids is 1. The fourth-order valence-corrected chi connectivity index (χ4v) is 7.85. The van der Waals surface area contributed by atoms with Gasteiger partial charge in [-0.05, 0) is 80.9 Å². The SMILES string of the molecule is CCOc1ccc([C@@H]2CC(=O)n3nc(C45CC6CC(CC(C6)C4)C5)nc3S2)cc1. The Bertz CT molecular complexity index is 916. The Labute approximate surface area is 175 Å². The maximum atomic E-state index is 12.9. The van der Waals surface area contributed by atoms with Gasteiger partial charge in [-0.3, -0.25) is 4.79 Å². The van der Waals surface area contributed by atoms with Crippen molar-refractivity contribution in [3.05, 3.63) is 35.7 Å². The van der Waals surface area contributed by atoms with E-state index in [1.165, 1.54) is 38.5 Å². The first-order chi connectivity index (χ1) is 14.1. The zero-order chi connectivity index (χ0) is 19.6. The third kappa shape index (κ3) is 2.94. The molecule has 0 N–H and O–H groups in total. The van der Waals surface area contributed by atoms with E-state index in [2.05, 4.69) is 12.1 Å². The molecule has 0 unspecified atom stereocenters. The van der Waals surface area contributed by atoms with Crippen LogP contribution in [0.1, 0.15) is 73.3 Å². The van der Waals surface area contributed by atoms with Crippen LogP contribution in [0.4, 0.5) is 0 Å². The molecule has 7 rings (SSSR count). The number of hydrogen-bond acceptors (Lipinski definition) is 5. The highest BCUT2D eigenvalue weighted by atomic mass is 32.2. The summed E-state index contributed by atoms with van der Waals surface area (Å²) in [5, 5.41) is 5.68. The fraction of sp³-hybridized carbons (Fsp3) is 0.609. The highest BCUT2D eigenvalue weighted by Crippen LogP contribution is 2.60. The molecule has 2 heterocycles. The number of hydrogen-bond donors (Lipinski definition) is 0. The zero-order valence-corrected chi connectivity index (χ0v) is 17.7. The molecular formula is C23H27N3O2S. The van der Waals surface area contributed by atoms with Crippen molar-refractivity contribution in [3.8, 4) is 5.75 Å². The third-order valence-electron chi connectivity index (χ3n) is 7.50. The van der Waals surface area contributed by atoms with E-state index in [9.17, 15) is 4.79 Å². The van der Waals surface area contributed by atoms with Crippen LogP contribution in [0.3, 0.4) is 0 Å². The second-order valence-electron chi connectivity index (χ2n) is 9.53. The van der Waals surface area contributed by atoms with Crippen molar-refractivity contribution in [1.82, 2.24) is 14.8 Å². The van der Waals surface area contributed by atoms with Crippen molar-refractivity contribution in [1.29, 1.82) is 0 Å². The molecule has 4 saturated carbocycles. The summed E-state index contributed by atoms with van der Waals surface area (Å²) in [6.07, 6.45) is 8.35. The molecule has 152 valence electrons. The zero-order valence-electron chi connectivity index (χ0n) is 16.8. The van der Waals surface area contributed by atoms with Gasteiger partial charge in [0.15, 0.2) is 11.0 Å². The number of aromatic nitrogens is 3. The monoisotopic (exact) mass is 409 g/mol. The van der Waals surface area contributed by atoms with E-state index in [1.807, 2.05) is 19.1 Å². The summed E-state index contributed by atoms with van der Waals surface area (Å²) in [6, 6.07) is 8.12. The van der Waals surface area contributed by atoms with Crippen LogP contribution in [0.25, 0.3) is 0 Å². The number of benzene rings is 1. The largest absolute Gasteiger partial charge is 0.494 e. The Morgan fingerprint density at radius 1 is 1.10 bits per heavy atom. The molecule has 0 saturated heterocycles. The number of nitrogens with zero attached hydrogens (tertiary/aromatic N) is 3. The molecule has 0 amide bonds. The second-order valence-corrected chi connectivity index (χ2v) is 10.7. The lowest BCUT2D eigenvalue weighted by molar-refractivity contribution is -0.00944. The van der Waals surface area contributed by atoms with Crippen molar-refractivity contribution in [2.24, 2.45) is 17.8 Å². The predicted molar refractivity (Wildman–Crippen MR) is 111 cm³/mol. The minimum absolute atomic E-state index is 0.0705. The van der Waals surface area contributed by atoms with Gasteiger partial charge in [-0.15, -0.1) is 5.10 Å². The maximum absolute atomic E-state index is 12.9. The summed E-state index contributed by atoms with van der Waals surface area (Å²) in [4.78, 5) is 17.9. The summed E-state index contributed by atoms with van der Waals surface area (Å²) in [7, 11) is 0. The Hall–Kier alpha value is -1.82. The van der Waals surface area contributed by atoms with Crippen LogP contribution in [0.5, 0.6) is 5.75 Å². The van der Waals surface area contributed by atoms with Crippen LogP contribution in [0.15, 0.2) is 29.4 Å². The van der Waals surface area contributed by atoms with Crippen LogP contribution in [-0.4, -0.2) is 27.3 Å². The van der Waals surface area contributed by atoms with Crippen LogP contribution >= 0.6 is 11.8 Å². The average molecular weight is 410 g/mol. The number of carbonyl (C=O) groups is 1. The molecule has 5 aliphatic rings. The maximum Gasteiger partial charge on any atom is 0.250 e. The Balaban J connectivity index is 1.28. The summed E-state index contributed by atoms with van der Waals surface area (Å²) in [6.45, 7) is 2.64. The Morgan fingerprint density at radius 3 is 2.38 bits per heavy atom. The number of rotatable bonds is 4. The molecule has 4 fully saturated rings. The second kappa shape index (κ2) is 6.59. The molecule has 1 atom stereocenters. The van der Waals surface area contributed by atoms with E-state index in [-0.39, 0.29) is 16.6 Å². The van der Waals surface area contributed by atoms with E-state index >= 15 is 0 Å². The van der Waals surface area contributed by atoms with Crippen molar-refractivity contribution >= 4 is 17.7 Å². The molecule has 6 heteroatoms. The molecule has 2 aromatic rings.